The van der Waals surface area contributed by atoms with Gasteiger partial charge >= 0.3 is 5.97 Å². The zero-order valence-electron chi connectivity index (χ0n) is 10.8. The predicted molar refractivity (Wildman–Crippen MR) is 65.3 cm³/mol. The highest BCUT2D eigenvalue weighted by Crippen LogP contribution is 2.21. The molecule has 0 saturated carbocycles. The molecule has 0 aliphatic rings. The van der Waals surface area contributed by atoms with Gasteiger partial charge < -0.3 is 5.11 Å². The normalized spacial score (nSPS) is 12.8. The Labute approximate surface area is 110 Å². The number of carboxylic acid groups (broad SMARTS) is 1. The van der Waals surface area contributed by atoms with E-state index in [4.69, 9.17) is 5.11 Å². The van der Waals surface area contributed by atoms with Gasteiger partial charge in [0, 0.05) is 12.4 Å². The van der Waals surface area contributed by atoms with Crippen molar-refractivity contribution in [3.8, 4) is 0 Å². The van der Waals surface area contributed by atoms with E-state index in [0.717, 1.165) is 0 Å². The van der Waals surface area contributed by atoms with Crippen LogP contribution in [0.3, 0.4) is 0 Å². The number of hydrogen-bond donors (Lipinski definition) is 1. The van der Waals surface area contributed by atoms with Crippen molar-refractivity contribution in [3.05, 3.63) is 24.3 Å². The van der Waals surface area contributed by atoms with Crippen LogP contribution in [0.4, 0.5) is 0 Å². The largest absolute Gasteiger partial charge is 0.481 e. The summed E-state index contributed by atoms with van der Waals surface area (Å²) in [4.78, 5) is 10.9. The van der Waals surface area contributed by atoms with Gasteiger partial charge in [0.05, 0.1) is 12.5 Å². The monoisotopic (exact) mass is 264 g/mol. The maximum atomic E-state index is 10.9. The van der Waals surface area contributed by atoms with Crippen molar-refractivity contribution in [1.82, 2.24) is 30.0 Å². The number of carbonyl (C=O) groups is 1. The smallest absolute Gasteiger partial charge is 0.305 e. The van der Waals surface area contributed by atoms with Crippen LogP contribution in [0.25, 0.3) is 0 Å². The third-order valence-corrected chi connectivity index (χ3v) is 2.89. The van der Waals surface area contributed by atoms with Gasteiger partial charge in [0.15, 0.2) is 5.82 Å². The standard InChI is InChI=1S/C11H16N6O2/c1-8(2)9(6-11(18)19)17-10(13-14-15-17)7-16-5-3-4-12-16/h3-5,8-9H,6-7H2,1-2H3,(H,18,19). The Bertz CT molecular complexity index is 533. The van der Waals surface area contributed by atoms with Crippen LogP contribution >= 0.6 is 0 Å². The highest BCUT2D eigenvalue weighted by atomic mass is 16.4. The van der Waals surface area contributed by atoms with Gasteiger partial charge in [-0.3, -0.25) is 9.48 Å². The molecule has 0 spiro atoms. The van der Waals surface area contributed by atoms with Crippen molar-refractivity contribution in [2.45, 2.75) is 32.9 Å². The first-order chi connectivity index (χ1) is 9.08. The lowest BCUT2D eigenvalue weighted by Crippen LogP contribution is -2.23. The molecule has 102 valence electrons. The van der Waals surface area contributed by atoms with E-state index in [0.29, 0.717) is 12.4 Å². The van der Waals surface area contributed by atoms with E-state index in [9.17, 15) is 4.79 Å². The Kier molecular flexibility index (Phi) is 3.88. The lowest BCUT2D eigenvalue weighted by Gasteiger charge is -2.20. The number of tetrazole rings is 1. The first-order valence-electron chi connectivity index (χ1n) is 6.04. The van der Waals surface area contributed by atoms with Gasteiger partial charge in [0.25, 0.3) is 0 Å². The lowest BCUT2D eigenvalue weighted by atomic mass is 10.0. The van der Waals surface area contributed by atoms with Gasteiger partial charge in [-0.15, -0.1) is 5.10 Å². The van der Waals surface area contributed by atoms with Crippen molar-refractivity contribution in [3.63, 3.8) is 0 Å². The molecule has 0 saturated heterocycles. The minimum Gasteiger partial charge on any atom is -0.481 e. The van der Waals surface area contributed by atoms with Gasteiger partial charge in [-0.05, 0) is 22.4 Å². The van der Waals surface area contributed by atoms with Crippen LogP contribution in [-0.2, 0) is 11.3 Å². The molecule has 0 fully saturated rings. The maximum Gasteiger partial charge on any atom is 0.305 e. The first kappa shape index (κ1) is 13.2. The summed E-state index contributed by atoms with van der Waals surface area (Å²) in [5.74, 6) is -0.140. The number of aromatic nitrogens is 6. The number of hydrogen-bond acceptors (Lipinski definition) is 5. The second-order valence-electron chi connectivity index (χ2n) is 4.65. The van der Waals surface area contributed by atoms with Crippen LogP contribution in [0.1, 0.15) is 32.1 Å². The van der Waals surface area contributed by atoms with Crippen molar-refractivity contribution in [2.75, 3.05) is 0 Å². The molecule has 2 aromatic heterocycles. The Morgan fingerprint density at radius 3 is 2.84 bits per heavy atom. The Balaban J connectivity index is 2.23. The van der Waals surface area contributed by atoms with Crippen LogP contribution in [0.15, 0.2) is 18.5 Å². The highest BCUT2D eigenvalue weighted by Gasteiger charge is 2.23. The summed E-state index contributed by atoms with van der Waals surface area (Å²) in [6, 6.07) is 1.55. The summed E-state index contributed by atoms with van der Waals surface area (Å²) < 4.78 is 3.28. The van der Waals surface area contributed by atoms with E-state index >= 15 is 0 Å². The Morgan fingerprint density at radius 1 is 1.47 bits per heavy atom. The molecule has 0 aliphatic heterocycles. The fourth-order valence-corrected chi connectivity index (χ4v) is 1.90. The topological polar surface area (TPSA) is 98.7 Å². The zero-order valence-corrected chi connectivity index (χ0v) is 10.8. The molecule has 0 radical (unpaired) electrons. The van der Waals surface area contributed by atoms with E-state index in [2.05, 4.69) is 20.6 Å². The van der Waals surface area contributed by atoms with Crippen LogP contribution < -0.4 is 0 Å². The zero-order chi connectivity index (χ0) is 13.8. The average Bonchev–Trinajstić information content (AvgIpc) is 2.97. The molecule has 2 aromatic rings. The summed E-state index contributed by atoms with van der Waals surface area (Å²) in [5, 5.41) is 24.6. The maximum absolute atomic E-state index is 10.9. The molecular formula is C11H16N6O2. The minimum absolute atomic E-state index is 0.00515. The van der Waals surface area contributed by atoms with E-state index in [1.54, 1.807) is 21.8 Å². The number of carboxylic acids is 1. The molecule has 1 N–H and O–H groups in total. The summed E-state index contributed by atoms with van der Waals surface area (Å²) in [5.41, 5.74) is 0. The van der Waals surface area contributed by atoms with Crippen molar-refractivity contribution < 1.29 is 9.90 Å². The second-order valence-corrected chi connectivity index (χ2v) is 4.65. The van der Waals surface area contributed by atoms with Gasteiger partial charge in [0.1, 0.15) is 6.54 Å². The van der Waals surface area contributed by atoms with Crippen molar-refractivity contribution in [1.29, 1.82) is 0 Å². The summed E-state index contributed by atoms with van der Waals surface area (Å²) in [6.07, 6.45) is 3.47. The molecular weight excluding hydrogens is 248 g/mol. The van der Waals surface area contributed by atoms with Crippen molar-refractivity contribution in [2.24, 2.45) is 5.92 Å². The third kappa shape index (κ3) is 3.15. The molecule has 0 bridgehead atoms. The molecule has 8 nitrogen and oxygen atoms in total. The van der Waals surface area contributed by atoms with E-state index < -0.39 is 5.97 Å². The highest BCUT2D eigenvalue weighted by molar-refractivity contribution is 5.67. The number of nitrogens with zero attached hydrogens (tertiary/aromatic N) is 6. The molecule has 2 heterocycles. The molecule has 0 aromatic carbocycles. The number of rotatable bonds is 6. The number of aliphatic carboxylic acids is 1. The molecule has 8 heteroatoms. The average molecular weight is 264 g/mol. The van der Waals surface area contributed by atoms with E-state index in [-0.39, 0.29) is 18.4 Å². The molecule has 2 rings (SSSR count). The Hall–Kier alpha value is -2.25. The first-order valence-corrected chi connectivity index (χ1v) is 6.04. The van der Waals surface area contributed by atoms with Crippen LogP contribution in [0.2, 0.25) is 0 Å². The molecule has 0 aliphatic carbocycles. The summed E-state index contributed by atoms with van der Waals surface area (Å²) >= 11 is 0. The predicted octanol–water partition coefficient (Wildman–Crippen LogP) is 0.590. The van der Waals surface area contributed by atoms with Gasteiger partial charge in [-0.1, -0.05) is 13.8 Å². The molecule has 0 amide bonds. The SMILES string of the molecule is CC(C)C(CC(=O)O)n1nnnc1Cn1cccn1. The van der Waals surface area contributed by atoms with Crippen LogP contribution in [0.5, 0.6) is 0 Å². The minimum atomic E-state index is -0.862. The summed E-state index contributed by atoms with van der Waals surface area (Å²) in [6.45, 7) is 4.32. The van der Waals surface area contributed by atoms with Crippen molar-refractivity contribution >= 4 is 5.97 Å². The summed E-state index contributed by atoms with van der Waals surface area (Å²) in [7, 11) is 0. The molecule has 1 unspecified atom stereocenters. The van der Waals surface area contributed by atoms with E-state index in [1.807, 2.05) is 19.9 Å². The quantitative estimate of drug-likeness (QED) is 0.819. The van der Waals surface area contributed by atoms with Gasteiger partial charge in [-0.25, -0.2) is 4.68 Å². The van der Waals surface area contributed by atoms with Gasteiger partial charge in [-0.2, -0.15) is 5.10 Å². The molecule has 1 atom stereocenters. The second kappa shape index (κ2) is 5.59. The van der Waals surface area contributed by atoms with Crippen LogP contribution in [-0.4, -0.2) is 41.1 Å². The van der Waals surface area contributed by atoms with E-state index in [1.165, 1.54) is 0 Å². The fraction of sp³-hybridized carbons (Fsp3) is 0.545. The molecule has 19 heavy (non-hydrogen) atoms. The fourth-order valence-electron chi connectivity index (χ4n) is 1.90. The Morgan fingerprint density at radius 2 is 2.26 bits per heavy atom. The van der Waals surface area contributed by atoms with Crippen LogP contribution in [0, 0.1) is 5.92 Å². The van der Waals surface area contributed by atoms with Gasteiger partial charge in [0.2, 0.25) is 0 Å². The lowest BCUT2D eigenvalue weighted by molar-refractivity contribution is -0.138. The third-order valence-electron chi connectivity index (χ3n) is 2.89.